The standard InChI is InChI=1S/C9H15NO3/c1-9(3-2-4-10)13-8-7-12-6-5-11/h2-4,10-11H,1,5-8H2/b3-2-,10-4?. The van der Waals surface area contributed by atoms with E-state index in [0.717, 1.165) is 6.21 Å². The van der Waals surface area contributed by atoms with Crippen LogP contribution in [0.15, 0.2) is 24.5 Å². The molecule has 0 bridgehead atoms. The van der Waals surface area contributed by atoms with Gasteiger partial charge in [0.05, 0.1) is 19.8 Å². The summed E-state index contributed by atoms with van der Waals surface area (Å²) in [5, 5.41) is 15.1. The zero-order valence-corrected chi connectivity index (χ0v) is 7.53. The number of nitrogens with one attached hydrogen (secondary N) is 1. The Morgan fingerprint density at radius 3 is 2.77 bits per heavy atom. The summed E-state index contributed by atoms with van der Waals surface area (Å²) in [6.45, 7) is 4.77. The van der Waals surface area contributed by atoms with Gasteiger partial charge in [-0.3, -0.25) is 0 Å². The highest BCUT2D eigenvalue weighted by atomic mass is 16.5. The van der Waals surface area contributed by atoms with E-state index < -0.39 is 0 Å². The fourth-order valence-electron chi connectivity index (χ4n) is 0.602. The van der Waals surface area contributed by atoms with E-state index in [9.17, 15) is 0 Å². The predicted molar refractivity (Wildman–Crippen MR) is 50.9 cm³/mol. The van der Waals surface area contributed by atoms with Gasteiger partial charge >= 0.3 is 0 Å². The Bertz CT molecular complexity index is 178. The van der Waals surface area contributed by atoms with Crippen molar-refractivity contribution in [3.63, 3.8) is 0 Å². The van der Waals surface area contributed by atoms with Gasteiger partial charge in [0, 0.05) is 6.21 Å². The number of aliphatic hydroxyl groups excluding tert-OH is 1. The first kappa shape index (κ1) is 11.9. The molecule has 0 atom stereocenters. The van der Waals surface area contributed by atoms with Crippen LogP contribution >= 0.6 is 0 Å². The van der Waals surface area contributed by atoms with Crippen LogP contribution in [0.25, 0.3) is 0 Å². The Morgan fingerprint density at radius 1 is 1.38 bits per heavy atom. The Morgan fingerprint density at radius 2 is 2.15 bits per heavy atom. The lowest BCUT2D eigenvalue weighted by molar-refractivity contribution is 0.0562. The molecule has 0 rings (SSSR count). The normalized spacial score (nSPS) is 10.2. The Labute approximate surface area is 78.0 Å². The third kappa shape index (κ3) is 8.78. The molecule has 0 fully saturated rings. The molecule has 0 heterocycles. The van der Waals surface area contributed by atoms with Crippen LogP contribution in [-0.2, 0) is 9.47 Å². The number of hydrogen-bond donors (Lipinski definition) is 2. The minimum atomic E-state index is 0.0225. The highest BCUT2D eigenvalue weighted by molar-refractivity contribution is 5.68. The number of rotatable bonds is 8. The summed E-state index contributed by atoms with van der Waals surface area (Å²) in [6.07, 6.45) is 4.27. The SMILES string of the molecule is C=C(/C=C\C=N)OCCOCCO. The van der Waals surface area contributed by atoms with E-state index in [1.54, 1.807) is 6.08 Å². The summed E-state index contributed by atoms with van der Waals surface area (Å²) in [6, 6.07) is 0. The summed E-state index contributed by atoms with van der Waals surface area (Å²) in [7, 11) is 0. The molecule has 0 aromatic heterocycles. The zero-order chi connectivity index (χ0) is 9.94. The van der Waals surface area contributed by atoms with Crippen molar-refractivity contribution < 1.29 is 14.6 Å². The quantitative estimate of drug-likeness (QED) is 0.253. The third-order valence-electron chi connectivity index (χ3n) is 1.13. The molecule has 0 aromatic carbocycles. The Hall–Kier alpha value is -1.13. The van der Waals surface area contributed by atoms with Crippen molar-refractivity contribution in [1.82, 2.24) is 0 Å². The average molecular weight is 185 g/mol. The maximum Gasteiger partial charge on any atom is 0.112 e. The molecule has 2 N–H and O–H groups in total. The molecule has 4 nitrogen and oxygen atoms in total. The predicted octanol–water partition coefficient (Wildman–Crippen LogP) is 0.731. The van der Waals surface area contributed by atoms with Crippen molar-refractivity contribution in [1.29, 1.82) is 5.41 Å². The van der Waals surface area contributed by atoms with Crippen molar-refractivity contribution in [2.45, 2.75) is 0 Å². The molecule has 0 amide bonds. The van der Waals surface area contributed by atoms with Crippen LogP contribution in [0.4, 0.5) is 0 Å². The first-order valence-corrected chi connectivity index (χ1v) is 3.98. The first-order valence-electron chi connectivity index (χ1n) is 3.98. The van der Waals surface area contributed by atoms with Gasteiger partial charge in [-0.1, -0.05) is 6.58 Å². The minimum absolute atomic E-state index is 0.0225. The molecule has 0 radical (unpaired) electrons. The van der Waals surface area contributed by atoms with Crippen LogP contribution in [0.5, 0.6) is 0 Å². The van der Waals surface area contributed by atoms with Gasteiger partial charge in [0.25, 0.3) is 0 Å². The largest absolute Gasteiger partial charge is 0.492 e. The maximum atomic E-state index is 8.37. The summed E-state index contributed by atoms with van der Waals surface area (Å²) in [5.41, 5.74) is 0. The summed E-state index contributed by atoms with van der Waals surface area (Å²) in [4.78, 5) is 0. The second-order valence-electron chi connectivity index (χ2n) is 2.18. The molecule has 0 aromatic rings. The van der Waals surface area contributed by atoms with Gasteiger partial charge in [-0.25, -0.2) is 0 Å². The summed E-state index contributed by atoms with van der Waals surface area (Å²) in [5.74, 6) is 0.496. The van der Waals surface area contributed by atoms with Gasteiger partial charge in [-0.15, -0.1) is 0 Å². The fourth-order valence-corrected chi connectivity index (χ4v) is 0.602. The maximum absolute atomic E-state index is 8.37. The Balaban J connectivity index is 3.26. The van der Waals surface area contributed by atoms with Crippen LogP contribution in [0.1, 0.15) is 0 Å². The van der Waals surface area contributed by atoms with E-state index in [1.165, 1.54) is 6.08 Å². The van der Waals surface area contributed by atoms with E-state index in [1.807, 2.05) is 0 Å². The molecule has 0 saturated heterocycles. The zero-order valence-electron chi connectivity index (χ0n) is 7.53. The molecular formula is C9H15NO3. The lowest BCUT2D eigenvalue weighted by atomic mass is 10.4. The van der Waals surface area contributed by atoms with Gasteiger partial charge in [-0.05, 0) is 12.2 Å². The molecule has 0 aliphatic rings. The second-order valence-corrected chi connectivity index (χ2v) is 2.18. The molecule has 13 heavy (non-hydrogen) atoms. The van der Waals surface area contributed by atoms with E-state index in [-0.39, 0.29) is 6.61 Å². The number of allylic oxidation sites excluding steroid dienone is 2. The Kier molecular flexibility index (Phi) is 8.18. The smallest absolute Gasteiger partial charge is 0.112 e. The van der Waals surface area contributed by atoms with Gasteiger partial charge < -0.3 is 20.0 Å². The van der Waals surface area contributed by atoms with E-state index >= 15 is 0 Å². The monoisotopic (exact) mass is 185 g/mol. The average Bonchev–Trinajstić information content (AvgIpc) is 2.14. The van der Waals surface area contributed by atoms with Crippen molar-refractivity contribution in [3.05, 3.63) is 24.5 Å². The van der Waals surface area contributed by atoms with Crippen LogP contribution in [0, 0.1) is 5.41 Å². The van der Waals surface area contributed by atoms with Gasteiger partial charge in [0.2, 0.25) is 0 Å². The lowest BCUT2D eigenvalue weighted by Crippen LogP contribution is -2.06. The number of aliphatic hydroxyl groups is 1. The van der Waals surface area contributed by atoms with Crippen molar-refractivity contribution >= 4 is 6.21 Å². The van der Waals surface area contributed by atoms with Crippen LogP contribution in [0.3, 0.4) is 0 Å². The van der Waals surface area contributed by atoms with E-state index in [0.29, 0.717) is 25.6 Å². The van der Waals surface area contributed by atoms with E-state index in [2.05, 4.69) is 6.58 Å². The molecule has 0 aliphatic carbocycles. The van der Waals surface area contributed by atoms with Crippen LogP contribution in [0.2, 0.25) is 0 Å². The molecule has 74 valence electrons. The highest BCUT2D eigenvalue weighted by Crippen LogP contribution is 1.94. The van der Waals surface area contributed by atoms with Gasteiger partial charge in [0.1, 0.15) is 12.4 Å². The molecule has 0 aliphatic heterocycles. The minimum Gasteiger partial charge on any atom is -0.492 e. The molecule has 0 unspecified atom stereocenters. The first-order chi connectivity index (χ1) is 6.31. The van der Waals surface area contributed by atoms with E-state index in [4.69, 9.17) is 20.0 Å². The van der Waals surface area contributed by atoms with Crippen molar-refractivity contribution in [2.24, 2.45) is 0 Å². The van der Waals surface area contributed by atoms with Crippen molar-refractivity contribution in [2.75, 3.05) is 26.4 Å². The van der Waals surface area contributed by atoms with Crippen LogP contribution in [-0.4, -0.2) is 37.7 Å². The molecule has 4 heteroatoms. The summed E-state index contributed by atoms with van der Waals surface area (Å²) < 4.78 is 10.1. The number of hydrogen-bond acceptors (Lipinski definition) is 4. The fraction of sp³-hybridized carbons (Fsp3) is 0.444. The summed E-state index contributed by atoms with van der Waals surface area (Å²) >= 11 is 0. The molecule has 0 saturated carbocycles. The van der Waals surface area contributed by atoms with Crippen molar-refractivity contribution in [3.8, 4) is 0 Å². The molecular weight excluding hydrogens is 170 g/mol. The van der Waals surface area contributed by atoms with Gasteiger partial charge in [0.15, 0.2) is 0 Å². The number of ether oxygens (including phenoxy) is 2. The molecule has 0 spiro atoms. The second kappa shape index (κ2) is 8.96. The highest BCUT2D eigenvalue weighted by Gasteiger charge is 1.89. The third-order valence-corrected chi connectivity index (χ3v) is 1.13. The van der Waals surface area contributed by atoms with Gasteiger partial charge in [-0.2, -0.15) is 0 Å². The topological polar surface area (TPSA) is 62.5 Å². The van der Waals surface area contributed by atoms with Crippen LogP contribution < -0.4 is 0 Å². The lowest BCUT2D eigenvalue weighted by Gasteiger charge is -2.05.